The first-order valence-corrected chi connectivity index (χ1v) is 8.92. The molecule has 1 amide bonds. The second kappa shape index (κ2) is 7.62. The smallest absolute Gasteiger partial charge is 0.251 e. The van der Waals surface area contributed by atoms with Gasteiger partial charge in [0, 0.05) is 24.3 Å². The highest BCUT2D eigenvalue weighted by atomic mass is 19.1. The van der Waals surface area contributed by atoms with Crippen LogP contribution in [0.5, 0.6) is 0 Å². The summed E-state index contributed by atoms with van der Waals surface area (Å²) in [5.41, 5.74) is 0.00458. The lowest BCUT2D eigenvalue weighted by atomic mass is 9.85. The van der Waals surface area contributed by atoms with Gasteiger partial charge >= 0.3 is 0 Å². The fraction of sp³-hybridized carbons (Fsp3) is 0.632. The number of hydrogen-bond donors (Lipinski definition) is 2. The topological polar surface area (TPSA) is 58.6 Å². The van der Waals surface area contributed by atoms with Crippen LogP contribution in [0.25, 0.3) is 0 Å². The van der Waals surface area contributed by atoms with E-state index in [1.54, 1.807) is 6.07 Å². The minimum Gasteiger partial charge on any atom is -0.388 e. The van der Waals surface area contributed by atoms with E-state index in [0.717, 1.165) is 32.1 Å². The fourth-order valence-corrected chi connectivity index (χ4v) is 3.18. The Bertz CT molecular complexity index is 580. The zero-order valence-electron chi connectivity index (χ0n) is 14.0. The number of aliphatic hydroxyl groups is 1. The Hall–Kier alpha value is -1.46. The highest BCUT2D eigenvalue weighted by molar-refractivity contribution is 5.94. The Balaban J connectivity index is 1.55. The summed E-state index contributed by atoms with van der Waals surface area (Å²) >= 11 is 0. The van der Waals surface area contributed by atoms with Crippen molar-refractivity contribution in [3.8, 4) is 0 Å². The average Bonchev–Trinajstić information content (AvgIpc) is 3.39. The summed E-state index contributed by atoms with van der Waals surface area (Å²) in [6, 6.07) is 4.32. The van der Waals surface area contributed by atoms with Crippen LogP contribution in [-0.2, 0) is 11.3 Å². The van der Waals surface area contributed by atoms with Gasteiger partial charge < -0.3 is 15.2 Å². The van der Waals surface area contributed by atoms with E-state index < -0.39 is 5.60 Å². The molecule has 2 saturated carbocycles. The second-order valence-electron chi connectivity index (χ2n) is 7.23. The van der Waals surface area contributed by atoms with Gasteiger partial charge in [-0.05, 0) is 49.8 Å². The first-order chi connectivity index (χ1) is 11.6. The first-order valence-electron chi connectivity index (χ1n) is 8.92. The molecule has 0 atom stereocenters. The monoisotopic (exact) mass is 335 g/mol. The number of benzene rings is 1. The summed E-state index contributed by atoms with van der Waals surface area (Å²) in [6.45, 7) is 1.09. The molecule has 1 aromatic carbocycles. The van der Waals surface area contributed by atoms with Gasteiger partial charge in [0.1, 0.15) is 5.82 Å². The fourth-order valence-electron chi connectivity index (χ4n) is 3.18. The van der Waals surface area contributed by atoms with Crippen LogP contribution in [-0.4, -0.2) is 29.8 Å². The van der Waals surface area contributed by atoms with Crippen molar-refractivity contribution in [2.45, 2.75) is 57.2 Å². The molecule has 2 aliphatic carbocycles. The third kappa shape index (κ3) is 4.77. The van der Waals surface area contributed by atoms with Crippen LogP contribution in [0.2, 0.25) is 0 Å². The van der Waals surface area contributed by atoms with Crippen molar-refractivity contribution in [1.29, 1.82) is 0 Å². The molecule has 3 rings (SSSR count). The molecule has 5 heteroatoms. The summed E-state index contributed by atoms with van der Waals surface area (Å²) in [5, 5.41) is 13.2. The summed E-state index contributed by atoms with van der Waals surface area (Å²) in [4.78, 5) is 12.3. The largest absolute Gasteiger partial charge is 0.388 e. The lowest BCUT2D eigenvalue weighted by molar-refractivity contribution is 0.00525. The van der Waals surface area contributed by atoms with Gasteiger partial charge in [-0.1, -0.05) is 19.3 Å². The highest BCUT2D eigenvalue weighted by Crippen LogP contribution is 2.29. The van der Waals surface area contributed by atoms with E-state index in [1.165, 1.54) is 25.0 Å². The van der Waals surface area contributed by atoms with Crippen molar-refractivity contribution >= 4 is 5.91 Å². The van der Waals surface area contributed by atoms with Crippen molar-refractivity contribution in [2.24, 2.45) is 5.92 Å². The Morgan fingerprint density at radius 2 is 2.04 bits per heavy atom. The van der Waals surface area contributed by atoms with Crippen molar-refractivity contribution in [3.05, 3.63) is 35.1 Å². The zero-order valence-corrected chi connectivity index (χ0v) is 14.0. The predicted molar refractivity (Wildman–Crippen MR) is 89.1 cm³/mol. The summed E-state index contributed by atoms with van der Waals surface area (Å²) in [5.74, 6) is -0.0125. The van der Waals surface area contributed by atoms with Crippen molar-refractivity contribution in [2.75, 3.05) is 13.2 Å². The molecule has 2 N–H and O–H groups in total. The van der Waals surface area contributed by atoms with Crippen LogP contribution in [0.4, 0.5) is 4.39 Å². The molecule has 2 fully saturated rings. The van der Waals surface area contributed by atoms with Crippen LogP contribution < -0.4 is 5.32 Å². The normalized spacial score (nSPS) is 19.9. The number of carbonyl (C=O) groups is 1. The lowest BCUT2D eigenvalue weighted by Gasteiger charge is -2.32. The van der Waals surface area contributed by atoms with Gasteiger partial charge in [0.15, 0.2) is 0 Å². The minimum atomic E-state index is -0.801. The lowest BCUT2D eigenvalue weighted by Crippen LogP contribution is -2.44. The molecule has 2 aliphatic rings. The molecule has 0 aromatic heterocycles. The maximum Gasteiger partial charge on any atom is 0.251 e. The van der Waals surface area contributed by atoms with Crippen LogP contribution in [0.3, 0.4) is 0 Å². The number of hydrogen-bond acceptors (Lipinski definition) is 3. The van der Waals surface area contributed by atoms with Gasteiger partial charge in [0.25, 0.3) is 5.91 Å². The van der Waals surface area contributed by atoms with Gasteiger partial charge in [0.2, 0.25) is 0 Å². The highest BCUT2D eigenvalue weighted by Gasteiger charge is 2.29. The Kier molecular flexibility index (Phi) is 5.51. The standard InChI is InChI=1S/C19H26FNO3/c20-17-7-6-15(10-16(17)12-24-11-14-4-5-14)18(22)21-13-19(23)8-2-1-3-9-19/h6-7,10,14,23H,1-5,8-9,11-13H2,(H,21,22). The van der Waals surface area contributed by atoms with E-state index >= 15 is 0 Å². The van der Waals surface area contributed by atoms with E-state index in [1.807, 2.05) is 0 Å². The molecule has 0 radical (unpaired) electrons. The zero-order chi connectivity index (χ0) is 17.0. The van der Waals surface area contributed by atoms with E-state index in [0.29, 0.717) is 23.7 Å². The molecule has 0 unspecified atom stereocenters. The predicted octanol–water partition coefficient (Wildman–Crippen LogP) is 3.18. The second-order valence-corrected chi connectivity index (χ2v) is 7.23. The number of ether oxygens (including phenoxy) is 1. The summed E-state index contributed by atoms with van der Waals surface area (Å²) in [7, 11) is 0. The maximum atomic E-state index is 13.9. The third-order valence-electron chi connectivity index (χ3n) is 4.98. The van der Waals surface area contributed by atoms with Crippen LogP contribution >= 0.6 is 0 Å². The van der Waals surface area contributed by atoms with Gasteiger partial charge in [-0.25, -0.2) is 4.39 Å². The van der Waals surface area contributed by atoms with Gasteiger partial charge in [0.05, 0.1) is 12.2 Å². The molecule has 0 spiro atoms. The number of amides is 1. The molecule has 0 aliphatic heterocycles. The third-order valence-corrected chi connectivity index (χ3v) is 4.98. The van der Waals surface area contributed by atoms with Crippen molar-refractivity contribution < 1.29 is 19.0 Å². The van der Waals surface area contributed by atoms with Gasteiger partial charge in [-0.2, -0.15) is 0 Å². The van der Waals surface area contributed by atoms with Gasteiger partial charge in [-0.15, -0.1) is 0 Å². The molecular weight excluding hydrogens is 309 g/mol. The summed E-state index contributed by atoms with van der Waals surface area (Å²) < 4.78 is 19.4. The summed E-state index contributed by atoms with van der Waals surface area (Å²) in [6.07, 6.45) is 6.94. The van der Waals surface area contributed by atoms with Crippen LogP contribution in [0.1, 0.15) is 60.9 Å². The molecular formula is C19H26FNO3. The van der Waals surface area contributed by atoms with E-state index in [4.69, 9.17) is 4.74 Å². The number of rotatable bonds is 7. The quantitative estimate of drug-likeness (QED) is 0.805. The molecule has 0 saturated heterocycles. The molecule has 4 nitrogen and oxygen atoms in total. The average molecular weight is 335 g/mol. The van der Waals surface area contributed by atoms with E-state index in [-0.39, 0.29) is 24.9 Å². The van der Waals surface area contributed by atoms with Gasteiger partial charge in [-0.3, -0.25) is 4.79 Å². The molecule has 24 heavy (non-hydrogen) atoms. The number of nitrogens with one attached hydrogen (secondary N) is 1. The maximum absolute atomic E-state index is 13.9. The molecule has 132 valence electrons. The molecule has 0 heterocycles. The van der Waals surface area contributed by atoms with E-state index in [9.17, 15) is 14.3 Å². The van der Waals surface area contributed by atoms with Crippen LogP contribution in [0.15, 0.2) is 18.2 Å². The van der Waals surface area contributed by atoms with Crippen molar-refractivity contribution in [3.63, 3.8) is 0 Å². The Labute approximate surface area is 142 Å². The molecule has 0 bridgehead atoms. The number of carbonyl (C=O) groups excluding carboxylic acids is 1. The number of halogens is 1. The molecule has 1 aromatic rings. The van der Waals surface area contributed by atoms with Crippen LogP contribution in [0, 0.1) is 11.7 Å². The Morgan fingerprint density at radius 3 is 2.75 bits per heavy atom. The first kappa shape index (κ1) is 17.4. The minimum absolute atomic E-state index is 0.188. The van der Waals surface area contributed by atoms with Crippen molar-refractivity contribution in [1.82, 2.24) is 5.32 Å². The Morgan fingerprint density at radius 1 is 1.29 bits per heavy atom. The SMILES string of the molecule is O=C(NCC1(O)CCCCC1)c1ccc(F)c(COCC2CC2)c1. The van der Waals surface area contributed by atoms with E-state index in [2.05, 4.69) is 5.32 Å².